The van der Waals surface area contributed by atoms with E-state index in [0.717, 1.165) is 67.8 Å². The van der Waals surface area contributed by atoms with Crippen molar-refractivity contribution in [3.05, 3.63) is 138 Å². The van der Waals surface area contributed by atoms with E-state index in [1.54, 1.807) is 0 Å². The van der Waals surface area contributed by atoms with Crippen LogP contribution in [0.5, 0.6) is 0 Å². The third-order valence-corrected chi connectivity index (χ3v) is 7.87. The van der Waals surface area contributed by atoms with Crippen LogP contribution in [0.15, 0.2) is 121 Å². The van der Waals surface area contributed by atoms with E-state index in [9.17, 15) is 4.79 Å². The van der Waals surface area contributed by atoms with Crippen molar-refractivity contribution in [2.75, 3.05) is 0 Å². The molecule has 0 saturated carbocycles. The highest BCUT2D eigenvalue weighted by atomic mass is 16.1. The average molecular weight is 492 g/mol. The average Bonchev–Trinajstić information content (AvgIpc) is 2.99. The minimum absolute atomic E-state index is 0.0595. The Balaban J connectivity index is 1.45. The zero-order valence-electron chi connectivity index (χ0n) is 20.7. The van der Waals surface area contributed by atoms with Gasteiger partial charge in [-0.05, 0) is 65.4 Å². The molecule has 0 amide bonds. The lowest BCUT2D eigenvalue weighted by atomic mass is 9.66. The number of aldehydes is 1. The van der Waals surface area contributed by atoms with E-state index < -0.39 is 0 Å². The topological polar surface area (TPSA) is 55.7 Å². The Bertz CT molecular complexity index is 1860. The molecule has 0 aliphatic heterocycles. The molecular formula is C34H25N3O. The summed E-state index contributed by atoms with van der Waals surface area (Å²) in [6, 6.07) is 33.2. The van der Waals surface area contributed by atoms with Crippen molar-refractivity contribution in [3.8, 4) is 0 Å². The molecule has 6 aromatic rings. The van der Waals surface area contributed by atoms with Gasteiger partial charge in [0.15, 0.2) is 0 Å². The second-order valence-corrected chi connectivity index (χ2v) is 10.0. The summed E-state index contributed by atoms with van der Waals surface area (Å²) in [6.45, 7) is 0. The van der Waals surface area contributed by atoms with Crippen molar-refractivity contribution in [3.63, 3.8) is 0 Å². The van der Waals surface area contributed by atoms with Crippen LogP contribution in [0.4, 0.5) is 0 Å². The van der Waals surface area contributed by atoms with Gasteiger partial charge in [0, 0.05) is 46.1 Å². The van der Waals surface area contributed by atoms with Crippen LogP contribution in [0, 0.1) is 0 Å². The molecule has 3 atom stereocenters. The molecule has 3 heterocycles. The molecule has 0 N–H and O–H groups in total. The number of nitrogens with zero attached hydrogens (tertiary/aromatic N) is 3. The Morgan fingerprint density at radius 2 is 1.26 bits per heavy atom. The summed E-state index contributed by atoms with van der Waals surface area (Å²) in [5.41, 5.74) is 6.83. The maximum atomic E-state index is 12.5. The molecule has 0 fully saturated rings. The Labute approximate surface area is 220 Å². The van der Waals surface area contributed by atoms with Crippen molar-refractivity contribution in [1.82, 2.24) is 15.0 Å². The summed E-state index contributed by atoms with van der Waals surface area (Å²) in [4.78, 5) is 27.2. The first-order chi connectivity index (χ1) is 18.8. The van der Waals surface area contributed by atoms with E-state index in [-0.39, 0.29) is 17.8 Å². The van der Waals surface area contributed by atoms with Gasteiger partial charge in [-0.25, -0.2) is 0 Å². The summed E-state index contributed by atoms with van der Waals surface area (Å²) in [5, 5.41) is 3.28. The number of rotatable bonds is 4. The highest BCUT2D eigenvalue weighted by Crippen LogP contribution is 2.51. The standard InChI is InChI=1S/C34H25N3O/c38-21-25-13-15-28(26-17-23-8-2-4-10-29(23)35-19-26)34(32-16-14-22-7-1-6-12-31(22)37-32)33(25)27-18-24-9-3-5-11-30(24)36-20-27/h1-14,16-21,28,33-34H,15H2/t28-,33-,34-/m0/s1. The molecule has 7 rings (SSSR count). The highest BCUT2D eigenvalue weighted by molar-refractivity contribution is 5.83. The third kappa shape index (κ3) is 3.86. The molecule has 0 radical (unpaired) electrons. The molecule has 0 spiro atoms. The minimum atomic E-state index is -0.177. The Hall–Kier alpha value is -4.70. The number of hydrogen-bond donors (Lipinski definition) is 0. The van der Waals surface area contributed by atoms with Crippen LogP contribution in [0.2, 0.25) is 0 Å². The van der Waals surface area contributed by atoms with Crippen molar-refractivity contribution < 1.29 is 4.79 Å². The van der Waals surface area contributed by atoms with Crippen LogP contribution >= 0.6 is 0 Å². The molecule has 3 aromatic heterocycles. The van der Waals surface area contributed by atoms with Crippen molar-refractivity contribution in [1.29, 1.82) is 0 Å². The molecule has 0 bridgehead atoms. The van der Waals surface area contributed by atoms with Crippen LogP contribution in [0.3, 0.4) is 0 Å². The van der Waals surface area contributed by atoms with E-state index in [1.807, 2.05) is 60.9 Å². The fourth-order valence-electron chi connectivity index (χ4n) is 6.03. The molecule has 4 nitrogen and oxygen atoms in total. The van der Waals surface area contributed by atoms with Gasteiger partial charge in [0.2, 0.25) is 0 Å². The second-order valence-electron chi connectivity index (χ2n) is 10.0. The summed E-state index contributed by atoms with van der Waals surface area (Å²) < 4.78 is 0. The summed E-state index contributed by atoms with van der Waals surface area (Å²) in [7, 11) is 0. The molecule has 1 aliphatic carbocycles. The van der Waals surface area contributed by atoms with Crippen LogP contribution in [0.25, 0.3) is 32.7 Å². The largest absolute Gasteiger partial charge is 0.298 e. The molecular weight excluding hydrogens is 466 g/mol. The maximum Gasteiger partial charge on any atom is 0.146 e. The fourth-order valence-corrected chi connectivity index (χ4v) is 6.03. The Morgan fingerprint density at radius 3 is 1.97 bits per heavy atom. The number of carbonyl (C=O) groups excluding carboxylic acids is 1. The molecule has 3 aromatic carbocycles. The summed E-state index contributed by atoms with van der Waals surface area (Å²) >= 11 is 0. The van der Waals surface area contributed by atoms with Gasteiger partial charge in [-0.1, -0.05) is 66.7 Å². The first-order valence-electron chi connectivity index (χ1n) is 13.0. The van der Waals surface area contributed by atoms with Crippen molar-refractivity contribution >= 4 is 39.0 Å². The van der Waals surface area contributed by atoms with Gasteiger partial charge >= 0.3 is 0 Å². The van der Waals surface area contributed by atoms with E-state index in [2.05, 4.69) is 54.6 Å². The van der Waals surface area contributed by atoms with E-state index >= 15 is 0 Å². The van der Waals surface area contributed by atoms with Gasteiger partial charge in [0.1, 0.15) is 6.29 Å². The second kappa shape index (κ2) is 9.31. The third-order valence-electron chi connectivity index (χ3n) is 7.87. The Morgan fingerprint density at radius 1 is 0.658 bits per heavy atom. The quantitative estimate of drug-likeness (QED) is 0.239. The SMILES string of the molecule is O=CC1=CC[C@@H](c2cnc3ccccc3c2)[C@@H](c2ccc3ccccc3n2)[C@@H]1c1cnc2ccccc2c1. The maximum absolute atomic E-state index is 12.5. The van der Waals surface area contributed by atoms with Gasteiger partial charge in [0.05, 0.1) is 16.6 Å². The number of fused-ring (bicyclic) bond motifs is 3. The van der Waals surface area contributed by atoms with Gasteiger partial charge in [-0.3, -0.25) is 19.7 Å². The lowest BCUT2D eigenvalue weighted by Gasteiger charge is -2.37. The number of pyridine rings is 3. The van der Waals surface area contributed by atoms with Crippen molar-refractivity contribution in [2.24, 2.45) is 0 Å². The number of para-hydroxylation sites is 3. The lowest BCUT2D eigenvalue weighted by Crippen LogP contribution is -2.26. The first kappa shape index (κ1) is 22.5. The van der Waals surface area contributed by atoms with E-state index in [1.165, 1.54) is 0 Å². The molecule has 0 saturated heterocycles. The number of hydrogen-bond acceptors (Lipinski definition) is 4. The fraction of sp³-hybridized carbons (Fsp3) is 0.118. The van der Waals surface area contributed by atoms with Gasteiger partial charge < -0.3 is 0 Å². The normalized spacial score (nSPS) is 19.5. The predicted molar refractivity (Wildman–Crippen MR) is 152 cm³/mol. The lowest BCUT2D eigenvalue weighted by molar-refractivity contribution is -0.105. The van der Waals surface area contributed by atoms with E-state index in [4.69, 9.17) is 15.0 Å². The molecule has 0 unspecified atom stereocenters. The van der Waals surface area contributed by atoms with Crippen LogP contribution in [-0.2, 0) is 4.79 Å². The zero-order valence-corrected chi connectivity index (χ0v) is 20.7. The predicted octanol–water partition coefficient (Wildman–Crippen LogP) is 7.51. The van der Waals surface area contributed by atoms with Crippen molar-refractivity contribution in [2.45, 2.75) is 24.2 Å². The molecule has 38 heavy (non-hydrogen) atoms. The Kier molecular flexibility index (Phi) is 5.51. The van der Waals surface area contributed by atoms with Gasteiger partial charge in [-0.15, -0.1) is 0 Å². The van der Waals surface area contributed by atoms with Crippen LogP contribution < -0.4 is 0 Å². The van der Waals surface area contributed by atoms with Gasteiger partial charge in [-0.2, -0.15) is 0 Å². The van der Waals surface area contributed by atoms with Crippen LogP contribution in [-0.4, -0.2) is 21.2 Å². The number of carbonyl (C=O) groups is 1. The first-order valence-corrected chi connectivity index (χ1v) is 13.0. The molecule has 182 valence electrons. The smallest absolute Gasteiger partial charge is 0.146 e. The number of benzene rings is 3. The zero-order chi connectivity index (χ0) is 25.5. The number of aromatic nitrogens is 3. The van der Waals surface area contributed by atoms with Gasteiger partial charge in [0.25, 0.3) is 0 Å². The minimum Gasteiger partial charge on any atom is -0.298 e. The molecule has 4 heteroatoms. The highest BCUT2D eigenvalue weighted by Gasteiger charge is 2.39. The monoisotopic (exact) mass is 491 g/mol. The van der Waals surface area contributed by atoms with E-state index in [0.29, 0.717) is 0 Å². The van der Waals surface area contributed by atoms with Crippen LogP contribution in [0.1, 0.15) is 41.0 Å². The molecule has 1 aliphatic rings. The summed E-state index contributed by atoms with van der Waals surface area (Å²) in [5.74, 6) is -0.139. The number of allylic oxidation sites excluding steroid dienone is 2. The summed E-state index contributed by atoms with van der Waals surface area (Å²) in [6.07, 6.45) is 7.79.